The summed E-state index contributed by atoms with van der Waals surface area (Å²) in [6.07, 6.45) is 0. The van der Waals surface area contributed by atoms with Crippen LogP contribution in [0.4, 0.5) is 5.69 Å². The zero-order valence-electron chi connectivity index (χ0n) is 10.3. The number of ether oxygens (including phenoxy) is 1. The summed E-state index contributed by atoms with van der Waals surface area (Å²) < 4.78 is 8.72. The number of aromatic nitrogens is 1. The molecule has 0 unspecified atom stereocenters. The summed E-state index contributed by atoms with van der Waals surface area (Å²) in [5, 5.41) is 0. The van der Waals surface area contributed by atoms with Crippen LogP contribution in [0.2, 0.25) is 0 Å². The van der Waals surface area contributed by atoms with E-state index in [-0.39, 0.29) is 28.6 Å². The fourth-order valence-corrected chi connectivity index (χ4v) is 2.28. The first-order chi connectivity index (χ1) is 9.15. The van der Waals surface area contributed by atoms with Gasteiger partial charge in [-0.05, 0) is 18.5 Å². The number of anilines is 1. The van der Waals surface area contributed by atoms with Gasteiger partial charge >= 0.3 is 5.97 Å². The molecule has 0 saturated carbocycles. The predicted octanol–water partition coefficient (Wildman–Crippen LogP) is 2.13. The van der Waals surface area contributed by atoms with Crippen molar-refractivity contribution in [3.8, 4) is 0 Å². The van der Waals surface area contributed by atoms with Crippen LogP contribution in [0.5, 0.6) is 0 Å². The van der Waals surface area contributed by atoms with E-state index in [1.807, 2.05) is 6.07 Å². The number of rotatable bonds is 4. The van der Waals surface area contributed by atoms with E-state index in [4.69, 9.17) is 10.5 Å². The molecule has 0 aliphatic carbocycles. The third-order valence-electron chi connectivity index (χ3n) is 2.44. The van der Waals surface area contributed by atoms with Crippen LogP contribution in [0.25, 0.3) is 0 Å². The summed E-state index contributed by atoms with van der Waals surface area (Å²) in [5.74, 6) is -0.852. The maximum atomic E-state index is 12.2. The van der Waals surface area contributed by atoms with Crippen molar-refractivity contribution in [3.05, 3.63) is 46.5 Å². The Balaban J connectivity index is 2.32. The molecule has 2 N–H and O–H groups in total. The van der Waals surface area contributed by atoms with E-state index in [0.717, 1.165) is 11.5 Å². The lowest BCUT2D eigenvalue weighted by molar-refractivity contribution is 0.0522. The Bertz CT molecular complexity index is 608. The molecular formula is C13H12N2O3S. The molecule has 0 aliphatic rings. The number of hydrogen-bond acceptors (Lipinski definition) is 6. The lowest BCUT2D eigenvalue weighted by Crippen LogP contribution is -2.09. The Morgan fingerprint density at radius 1 is 1.32 bits per heavy atom. The number of esters is 1. The minimum Gasteiger partial charge on any atom is -0.461 e. The van der Waals surface area contributed by atoms with Gasteiger partial charge in [-0.1, -0.05) is 30.3 Å². The molecule has 0 saturated heterocycles. The van der Waals surface area contributed by atoms with Crippen molar-refractivity contribution in [1.29, 1.82) is 0 Å². The SMILES string of the molecule is CCOC(=O)c1nsc(C(=O)c2ccccc2)c1N. The zero-order valence-corrected chi connectivity index (χ0v) is 11.1. The van der Waals surface area contributed by atoms with Crippen molar-refractivity contribution >= 4 is 29.0 Å². The first kappa shape index (κ1) is 13.2. The van der Waals surface area contributed by atoms with Crippen LogP contribution >= 0.6 is 11.5 Å². The summed E-state index contributed by atoms with van der Waals surface area (Å²) in [7, 11) is 0. The average Bonchev–Trinajstić information content (AvgIpc) is 2.81. The number of carbonyl (C=O) groups excluding carboxylic acids is 2. The summed E-state index contributed by atoms with van der Waals surface area (Å²) in [5.41, 5.74) is 6.39. The van der Waals surface area contributed by atoms with Crippen LogP contribution in [0.1, 0.15) is 32.6 Å². The van der Waals surface area contributed by atoms with Crippen molar-refractivity contribution in [1.82, 2.24) is 4.37 Å². The van der Waals surface area contributed by atoms with Gasteiger partial charge in [0.1, 0.15) is 4.88 Å². The third-order valence-corrected chi connectivity index (χ3v) is 3.30. The van der Waals surface area contributed by atoms with E-state index in [9.17, 15) is 9.59 Å². The van der Waals surface area contributed by atoms with Gasteiger partial charge in [-0.2, -0.15) is 4.37 Å². The Kier molecular flexibility index (Phi) is 3.91. The van der Waals surface area contributed by atoms with Crippen LogP contribution in [-0.2, 0) is 4.74 Å². The maximum Gasteiger partial charge on any atom is 0.360 e. The van der Waals surface area contributed by atoms with Crippen LogP contribution in [0.15, 0.2) is 30.3 Å². The second-order valence-corrected chi connectivity index (χ2v) is 4.46. The smallest absolute Gasteiger partial charge is 0.360 e. The van der Waals surface area contributed by atoms with Gasteiger partial charge in [-0.3, -0.25) is 4.79 Å². The highest BCUT2D eigenvalue weighted by Gasteiger charge is 2.23. The van der Waals surface area contributed by atoms with E-state index < -0.39 is 5.97 Å². The monoisotopic (exact) mass is 276 g/mol. The Morgan fingerprint density at radius 2 is 2.00 bits per heavy atom. The first-order valence-electron chi connectivity index (χ1n) is 5.67. The fraction of sp³-hybridized carbons (Fsp3) is 0.154. The molecule has 1 aromatic heterocycles. The Labute approximate surface area is 114 Å². The number of nitrogens with two attached hydrogens (primary N) is 1. The van der Waals surface area contributed by atoms with E-state index in [1.54, 1.807) is 31.2 Å². The van der Waals surface area contributed by atoms with Crippen molar-refractivity contribution in [3.63, 3.8) is 0 Å². The van der Waals surface area contributed by atoms with Crippen LogP contribution in [0.3, 0.4) is 0 Å². The number of nitrogens with zero attached hydrogens (tertiary/aromatic N) is 1. The van der Waals surface area contributed by atoms with Crippen molar-refractivity contribution < 1.29 is 14.3 Å². The van der Waals surface area contributed by atoms with Crippen molar-refractivity contribution in [2.24, 2.45) is 0 Å². The molecule has 0 aliphatic heterocycles. The van der Waals surface area contributed by atoms with Gasteiger partial charge in [0.05, 0.1) is 12.3 Å². The molecule has 0 atom stereocenters. The van der Waals surface area contributed by atoms with E-state index >= 15 is 0 Å². The highest BCUT2D eigenvalue weighted by molar-refractivity contribution is 7.09. The molecule has 2 aromatic rings. The molecule has 2 rings (SSSR count). The van der Waals surface area contributed by atoms with Gasteiger partial charge in [0.15, 0.2) is 5.69 Å². The van der Waals surface area contributed by atoms with E-state index in [2.05, 4.69) is 4.37 Å². The molecule has 1 heterocycles. The van der Waals surface area contributed by atoms with Gasteiger partial charge in [0.25, 0.3) is 0 Å². The largest absolute Gasteiger partial charge is 0.461 e. The molecule has 6 heteroatoms. The first-order valence-corrected chi connectivity index (χ1v) is 6.44. The van der Waals surface area contributed by atoms with Crippen molar-refractivity contribution in [2.75, 3.05) is 12.3 Å². The molecule has 0 amide bonds. The second kappa shape index (κ2) is 5.62. The second-order valence-electron chi connectivity index (χ2n) is 3.69. The summed E-state index contributed by atoms with van der Waals surface area (Å²) >= 11 is 0.908. The van der Waals surface area contributed by atoms with Crippen molar-refractivity contribution in [2.45, 2.75) is 6.92 Å². The van der Waals surface area contributed by atoms with Gasteiger partial charge in [-0.15, -0.1) is 0 Å². The van der Waals surface area contributed by atoms with E-state index in [0.29, 0.717) is 5.56 Å². The lowest BCUT2D eigenvalue weighted by atomic mass is 10.1. The Hall–Kier alpha value is -2.21. The van der Waals surface area contributed by atoms with Gasteiger partial charge < -0.3 is 10.5 Å². The number of ketones is 1. The highest BCUT2D eigenvalue weighted by atomic mass is 32.1. The van der Waals surface area contributed by atoms with Gasteiger partial charge in [0, 0.05) is 5.56 Å². The number of hydrogen-bond donors (Lipinski definition) is 1. The minimum absolute atomic E-state index is 0.00568. The molecule has 1 aromatic carbocycles. The normalized spacial score (nSPS) is 10.2. The fourth-order valence-electron chi connectivity index (χ4n) is 1.53. The molecule has 19 heavy (non-hydrogen) atoms. The average molecular weight is 276 g/mol. The maximum absolute atomic E-state index is 12.2. The third kappa shape index (κ3) is 2.63. The zero-order chi connectivity index (χ0) is 13.8. The topological polar surface area (TPSA) is 82.3 Å². The molecule has 98 valence electrons. The van der Waals surface area contributed by atoms with Crippen LogP contribution < -0.4 is 5.73 Å². The van der Waals surface area contributed by atoms with E-state index in [1.165, 1.54) is 0 Å². The standard InChI is InChI=1S/C13H12N2O3S/c1-2-18-13(17)10-9(14)12(19-15-10)11(16)8-6-4-3-5-7-8/h3-7H,2,14H2,1H3. The Morgan fingerprint density at radius 3 is 2.63 bits per heavy atom. The minimum atomic E-state index is -0.608. The molecule has 0 fully saturated rings. The number of carbonyl (C=O) groups is 2. The lowest BCUT2D eigenvalue weighted by Gasteiger charge is -2.00. The summed E-state index contributed by atoms with van der Waals surface area (Å²) in [6.45, 7) is 1.92. The summed E-state index contributed by atoms with van der Waals surface area (Å²) in [6, 6.07) is 8.71. The predicted molar refractivity (Wildman–Crippen MR) is 72.4 cm³/mol. The molecule has 0 spiro atoms. The van der Waals surface area contributed by atoms with Gasteiger partial charge in [-0.25, -0.2) is 4.79 Å². The summed E-state index contributed by atoms with van der Waals surface area (Å²) in [4.78, 5) is 24.0. The molecule has 0 radical (unpaired) electrons. The van der Waals surface area contributed by atoms with Gasteiger partial charge in [0.2, 0.25) is 5.78 Å². The molecule has 0 bridgehead atoms. The number of benzene rings is 1. The number of nitrogen functional groups attached to an aromatic ring is 1. The highest BCUT2D eigenvalue weighted by Crippen LogP contribution is 2.25. The molecule has 5 nitrogen and oxygen atoms in total. The van der Waals surface area contributed by atoms with Crippen LogP contribution in [-0.4, -0.2) is 22.7 Å². The quantitative estimate of drug-likeness (QED) is 0.683. The molecular weight excluding hydrogens is 264 g/mol. The van der Waals surface area contributed by atoms with Crippen LogP contribution in [0, 0.1) is 0 Å².